The Kier molecular flexibility index (Phi) is 8.09. The zero-order valence-corrected chi connectivity index (χ0v) is 19.6. The van der Waals surface area contributed by atoms with Gasteiger partial charge in [0.1, 0.15) is 0 Å². The number of methoxy groups -OCH3 is 1. The molecule has 0 aliphatic heterocycles. The van der Waals surface area contributed by atoms with Crippen LogP contribution in [0.4, 0.5) is 5.69 Å². The maximum Gasteiger partial charge on any atom is 0.319 e. The van der Waals surface area contributed by atoms with Crippen molar-refractivity contribution >= 4 is 56.7 Å². The van der Waals surface area contributed by atoms with Crippen LogP contribution in [0.1, 0.15) is 27.5 Å². The lowest BCUT2D eigenvalue weighted by Crippen LogP contribution is -2.30. The van der Waals surface area contributed by atoms with Gasteiger partial charge >= 0.3 is 5.97 Å². The zero-order valence-electron chi connectivity index (χ0n) is 16.5. The van der Waals surface area contributed by atoms with Crippen LogP contribution in [0, 0.1) is 0 Å². The number of rotatable bonds is 7. The van der Waals surface area contributed by atoms with Crippen molar-refractivity contribution in [2.75, 3.05) is 19.0 Å². The molecule has 3 aromatic carbocycles. The van der Waals surface area contributed by atoms with E-state index in [0.29, 0.717) is 21.3 Å². The molecule has 0 radical (unpaired) electrons. The second kappa shape index (κ2) is 10.8. The van der Waals surface area contributed by atoms with E-state index in [-0.39, 0.29) is 12.5 Å². The highest BCUT2D eigenvalue weighted by Crippen LogP contribution is 2.32. The first-order chi connectivity index (χ1) is 14.9. The van der Waals surface area contributed by atoms with Gasteiger partial charge in [-0.1, -0.05) is 57.3 Å². The van der Waals surface area contributed by atoms with Crippen LogP contribution in [-0.4, -0.2) is 25.5 Å². The van der Waals surface area contributed by atoms with Crippen molar-refractivity contribution in [2.24, 2.45) is 0 Å². The van der Waals surface area contributed by atoms with E-state index in [1.54, 1.807) is 42.5 Å². The molecule has 0 aliphatic carbocycles. The van der Waals surface area contributed by atoms with Gasteiger partial charge in [-0.15, -0.1) is 0 Å². The average Bonchev–Trinajstić information content (AvgIpc) is 2.75. The molecule has 8 heteroatoms. The monoisotopic (exact) mass is 520 g/mol. The van der Waals surface area contributed by atoms with E-state index in [1.165, 1.54) is 7.11 Å². The largest absolute Gasteiger partial charge is 0.468 e. The number of carbonyl (C=O) groups excluding carboxylic acids is 2. The number of benzene rings is 3. The molecule has 3 aromatic rings. The molecular formula is C23H19BrCl2N2O3. The summed E-state index contributed by atoms with van der Waals surface area (Å²) in [7, 11) is 1.33. The summed E-state index contributed by atoms with van der Waals surface area (Å²) in [6.45, 7) is -0.0259. The maximum absolute atomic E-state index is 12.8. The lowest BCUT2D eigenvalue weighted by atomic mass is 9.96. The van der Waals surface area contributed by atoms with Crippen molar-refractivity contribution in [3.63, 3.8) is 0 Å². The molecule has 3 rings (SSSR count). The van der Waals surface area contributed by atoms with Gasteiger partial charge in [-0.25, -0.2) is 0 Å². The summed E-state index contributed by atoms with van der Waals surface area (Å²) >= 11 is 15.7. The minimum absolute atomic E-state index is 0.0259. The number of ether oxygens (including phenoxy) is 1. The van der Waals surface area contributed by atoms with Crippen molar-refractivity contribution < 1.29 is 14.3 Å². The third kappa shape index (κ3) is 6.31. The quantitative estimate of drug-likeness (QED) is 0.382. The van der Waals surface area contributed by atoms with E-state index in [0.717, 1.165) is 15.6 Å². The molecule has 0 heterocycles. The van der Waals surface area contributed by atoms with E-state index in [4.69, 9.17) is 27.9 Å². The van der Waals surface area contributed by atoms with E-state index in [1.807, 2.05) is 24.3 Å². The number of halogens is 3. The Bertz CT molecular complexity index is 1110. The molecule has 0 saturated heterocycles. The average molecular weight is 522 g/mol. The summed E-state index contributed by atoms with van der Waals surface area (Å²) in [6, 6.07) is 19.0. The Balaban J connectivity index is 2.00. The van der Waals surface area contributed by atoms with Crippen LogP contribution in [0.3, 0.4) is 0 Å². The van der Waals surface area contributed by atoms with Gasteiger partial charge in [-0.3, -0.25) is 14.9 Å². The molecule has 0 bridgehead atoms. The minimum atomic E-state index is -0.440. The zero-order chi connectivity index (χ0) is 22.4. The molecule has 5 nitrogen and oxygen atoms in total. The van der Waals surface area contributed by atoms with Crippen molar-refractivity contribution in [3.05, 3.63) is 97.9 Å². The van der Waals surface area contributed by atoms with Gasteiger partial charge in [0.2, 0.25) is 0 Å². The van der Waals surface area contributed by atoms with E-state index >= 15 is 0 Å². The topological polar surface area (TPSA) is 67.4 Å². The molecule has 1 unspecified atom stereocenters. The lowest BCUT2D eigenvalue weighted by molar-refractivity contribution is -0.139. The number of anilines is 1. The molecule has 0 aliphatic rings. The van der Waals surface area contributed by atoms with Crippen LogP contribution < -0.4 is 10.6 Å². The first-order valence-electron chi connectivity index (χ1n) is 9.29. The Hall–Kier alpha value is -2.38. The number of amides is 1. The van der Waals surface area contributed by atoms with Crippen molar-refractivity contribution in [3.8, 4) is 0 Å². The Morgan fingerprint density at radius 2 is 1.71 bits per heavy atom. The van der Waals surface area contributed by atoms with Gasteiger partial charge in [0.05, 0.1) is 19.7 Å². The van der Waals surface area contributed by atoms with Crippen molar-refractivity contribution in [1.82, 2.24) is 5.32 Å². The summed E-state index contributed by atoms with van der Waals surface area (Å²) in [6.07, 6.45) is 0. The standard InChI is InChI=1S/C23H19BrCl2N2O3/c1-31-21(29)13-27-22(14-4-2-6-17(25)10-14)19-12-16(24)8-9-20(19)28-23(30)15-5-3-7-18(26)11-15/h2-12,22,27H,13H2,1H3,(H,28,30). The molecule has 0 fully saturated rings. The van der Waals surface area contributed by atoms with Gasteiger partial charge in [-0.05, 0) is 59.7 Å². The minimum Gasteiger partial charge on any atom is -0.468 e. The van der Waals surface area contributed by atoms with Gasteiger partial charge in [0, 0.05) is 25.8 Å². The van der Waals surface area contributed by atoms with Gasteiger partial charge in [0.25, 0.3) is 5.91 Å². The van der Waals surface area contributed by atoms with E-state index in [2.05, 4.69) is 26.6 Å². The van der Waals surface area contributed by atoms with Crippen molar-refractivity contribution in [2.45, 2.75) is 6.04 Å². The van der Waals surface area contributed by atoms with Gasteiger partial charge in [0.15, 0.2) is 0 Å². The first-order valence-corrected chi connectivity index (χ1v) is 10.8. The number of hydrogen-bond acceptors (Lipinski definition) is 4. The highest BCUT2D eigenvalue weighted by Gasteiger charge is 2.21. The first kappa shape index (κ1) is 23.3. The molecule has 31 heavy (non-hydrogen) atoms. The van der Waals surface area contributed by atoms with E-state index in [9.17, 15) is 9.59 Å². The predicted molar refractivity (Wildman–Crippen MR) is 127 cm³/mol. The molecule has 1 amide bonds. The van der Waals surface area contributed by atoms with Crippen LogP contribution in [0.25, 0.3) is 0 Å². The predicted octanol–water partition coefficient (Wildman–Crippen LogP) is 5.86. The van der Waals surface area contributed by atoms with Crippen LogP contribution in [0.2, 0.25) is 10.0 Å². The summed E-state index contributed by atoms with van der Waals surface area (Å²) < 4.78 is 5.58. The molecule has 2 N–H and O–H groups in total. The second-order valence-electron chi connectivity index (χ2n) is 6.64. The molecule has 0 aromatic heterocycles. The molecule has 0 spiro atoms. The van der Waals surface area contributed by atoms with Crippen LogP contribution in [-0.2, 0) is 9.53 Å². The summed E-state index contributed by atoms with van der Waals surface area (Å²) in [5, 5.41) is 7.16. The van der Waals surface area contributed by atoms with Crippen LogP contribution >= 0.6 is 39.1 Å². The number of hydrogen-bond donors (Lipinski definition) is 2. The number of carbonyl (C=O) groups is 2. The third-order valence-corrected chi connectivity index (χ3v) is 5.48. The summed E-state index contributed by atoms with van der Waals surface area (Å²) in [4.78, 5) is 24.6. The number of nitrogens with one attached hydrogen (secondary N) is 2. The second-order valence-corrected chi connectivity index (χ2v) is 8.43. The Morgan fingerprint density at radius 1 is 1.00 bits per heavy atom. The highest BCUT2D eigenvalue weighted by atomic mass is 79.9. The third-order valence-electron chi connectivity index (χ3n) is 4.52. The lowest BCUT2D eigenvalue weighted by Gasteiger charge is -2.23. The molecule has 160 valence electrons. The van der Waals surface area contributed by atoms with Crippen LogP contribution in [0.15, 0.2) is 71.2 Å². The smallest absolute Gasteiger partial charge is 0.319 e. The molecular weight excluding hydrogens is 503 g/mol. The number of esters is 1. The Labute approximate surface area is 198 Å². The highest BCUT2D eigenvalue weighted by molar-refractivity contribution is 9.10. The van der Waals surface area contributed by atoms with Crippen LogP contribution in [0.5, 0.6) is 0 Å². The maximum atomic E-state index is 12.8. The fourth-order valence-corrected chi connectivity index (χ4v) is 3.83. The molecule has 1 atom stereocenters. The van der Waals surface area contributed by atoms with Gasteiger partial charge < -0.3 is 10.1 Å². The summed E-state index contributed by atoms with van der Waals surface area (Å²) in [5.41, 5.74) is 2.59. The fraction of sp³-hybridized carbons (Fsp3) is 0.130. The Morgan fingerprint density at radius 3 is 2.39 bits per heavy atom. The summed E-state index contributed by atoms with van der Waals surface area (Å²) in [5.74, 6) is -0.713. The SMILES string of the molecule is COC(=O)CNC(c1cccc(Cl)c1)c1cc(Br)ccc1NC(=O)c1cccc(Cl)c1. The van der Waals surface area contributed by atoms with Crippen molar-refractivity contribution in [1.29, 1.82) is 0 Å². The molecule has 0 saturated carbocycles. The van der Waals surface area contributed by atoms with E-state index < -0.39 is 12.0 Å². The van der Waals surface area contributed by atoms with Gasteiger partial charge in [-0.2, -0.15) is 0 Å². The fourth-order valence-electron chi connectivity index (χ4n) is 3.06. The normalized spacial score (nSPS) is 11.6.